The zero-order valence-electron chi connectivity index (χ0n) is 11.7. The lowest BCUT2D eigenvalue weighted by atomic mass is 9.87. The summed E-state index contributed by atoms with van der Waals surface area (Å²) >= 11 is 0. The minimum Gasteiger partial charge on any atom is -0.488 e. The summed E-state index contributed by atoms with van der Waals surface area (Å²) in [6.45, 7) is 4.77. The number of fused-ring (bicyclic) bond motifs is 1. The number of rotatable bonds is 4. The van der Waals surface area contributed by atoms with Crippen LogP contribution in [0.3, 0.4) is 0 Å². The van der Waals surface area contributed by atoms with E-state index in [0.29, 0.717) is 6.04 Å². The normalized spacial score (nSPS) is 26.2. The highest BCUT2D eigenvalue weighted by Gasteiger charge is 2.21. The van der Waals surface area contributed by atoms with Crippen molar-refractivity contribution in [2.24, 2.45) is 0 Å². The van der Waals surface area contributed by atoms with E-state index in [-0.39, 0.29) is 6.10 Å². The van der Waals surface area contributed by atoms with Gasteiger partial charge in [0.15, 0.2) is 0 Å². The average Bonchev–Trinajstić information content (AvgIpc) is 2.92. The van der Waals surface area contributed by atoms with Gasteiger partial charge in [-0.25, -0.2) is 0 Å². The van der Waals surface area contributed by atoms with E-state index in [9.17, 15) is 0 Å². The molecule has 1 fully saturated rings. The van der Waals surface area contributed by atoms with E-state index in [0.717, 1.165) is 31.9 Å². The Balaban J connectivity index is 1.74. The van der Waals surface area contributed by atoms with Gasteiger partial charge in [0, 0.05) is 12.5 Å². The maximum Gasteiger partial charge on any atom is 0.124 e. The number of benzene rings is 1. The third kappa shape index (κ3) is 2.93. The fourth-order valence-corrected chi connectivity index (χ4v) is 3.12. The van der Waals surface area contributed by atoms with Gasteiger partial charge in [0.1, 0.15) is 11.9 Å². The van der Waals surface area contributed by atoms with Crippen LogP contribution < -0.4 is 10.1 Å². The molecular weight excluding hydrogens is 238 g/mol. The highest BCUT2D eigenvalue weighted by atomic mass is 16.5. The van der Waals surface area contributed by atoms with Crippen LogP contribution in [-0.4, -0.2) is 25.9 Å². The minimum atomic E-state index is 0.242. The third-order valence-electron chi connectivity index (χ3n) is 4.07. The molecule has 0 bridgehead atoms. The zero-order valence-corrected chi connectivity index (χ0v) is 11.7. The van der Waals surface area contributed by atoms with Crippen LogP contribution >= 0.6 is 0 Å². The first-order valence-corrected chi connectivity index (χ1v) is 7.47. The maximum atomic E-state index is 5.99. The highest BCUT2D eigenvalue weighted by Crippen LogP contribution is 2.32. The molecule has 0 saturated carbocycles. The van der Waals surface area contributed by atoms with Gasteiger partial charge in [-0.2, -0.15) is 0 Å². The Morgan fingerprint density at radius 1 is 1.37 bits per heavy atom. The molecule has 1 heterocycles. The van der Waals surface area contributed by atoms with Gasteiger partial charge in [-0.15, -0.1) is 0 Å². The number of hydrogen-bond donors (Lipinski definition) is 1. The summed E-state index contributed by atoms with van der Waals surface area (Å²) in [7, 11) is 0. The van der Waals surface area contributed by atoms with Crippen molar-refractivity contribution >= 4 is 0 Å². The molecule has 2 unspecified atom stereocenters. The van der Waals surface area contributed by atoms with Crippen LogP contribution in [0.25, 0.3) is 0 Å². The van der Waals surface area contributed by atoms with Crippen molar-refractivity contribution in [2.75, 3.05) is 19.8 Å². The summed E-state index contributed by atoms with van der Waals surface area (Å²) in [5.74, 6) is 1.01. The van der Waals surface area contributed by atoms with Gasteiger partial charge >= 0.3 is 0 Å². The van der Waals surface area contributed by atoms with Crippen LogP contribution in [0.4, 0.5) is 0 Å². The second-order valence-electron chi connectivity index (χ2n) is 5.47. The van der Waals surface area contributed by atoms with E-state index in [2.05, 4.69) is 30.4 Å². The number of ether oxygens (including phenoxy) is 2. The van der Waals surface area contributed by atoms with E-state index in [4.69, 9.17) is 9.47 Å². The predicted octanol–water partition coefficient (Wildman–Crippen LogP) is 2.84. The predicted molar refractivity (Wildman–Crippen MR) is 75.6 cm³/mol. The molecular formula is C16H23NO2. The van der Waals surface area contributed by atoms with Gasteiger partial charge < -0.3 is 14.8 Å². The monoisotopic (exact) mass is 261 g/mol. The van der Waals surface area contributed by atoms with Gasteiger partial charge in [0.05, 0.1) is 13.2 Å². The smallest absolute Gasteiger partial charge is 0.124 e. The maximum absolute atomic E-state index is 5.99. The molecule has 1 aliphatic carbocycles. The molecule has 1 N–H and O–H groups in total. The summed E-state index contributed by atoms with van der Waals surface area (Å²) in [5, 5.41) is 3.57. The van der Waals surface area contributed by atoms with Crippen molar-refractivity contribution < 1.29 is 9.47 Å². The Hall–Kier alpha value is -1.06. The minimum absolute atomic E-state index is 0.242. The van der Waals surface area contributed by atoms with Gasteiger partial charge in [0.25, 0.3) is 0 Å². The zero-order chi connectivity index (χ0) is 13.1. The Bertz CT molecular complexity index is 427. The van der Waals surface area contributed by atoms with Gasteiger partial charge in [-0.3, -0.25) is 0 Å². The van der Waals surface area contributed by atoms with Crippen molar-refractivity contribution in [1.82, 2.24) is 5.32 Å². The van der Waals surface area contributed by atoms with Crippen molar-refractivity contribution in [3.8, 4) is 5.75 Å². The van der Waals surface area contributed by atoms with Crippen LogP contribution in [0.1, 0.15) is 43.4 Å². The van der Waals surface area contributed by atoms with Crippen LogP contribution in [0, 0.1) is 0 Å². The average molecular weight is 261 g/mol. The molecule has 3 heteroatoms. The molecule has 1 aromatic rings. The number of hydrogen-bond acceptors (Lipinski definition) is 3. The fourth-order valence-electron chi connectivity index (χ4n) is 3.12. The van der Waals surface area contributed by atoms with Crippen molar-refractivity contribution in [1.29, 1.82) is 0 Å². The Kier molecular flexibility index (Phi) is 4.04. The SMILES string of the molecule is CCNC1CCCc2cc(OC3CCOC3)ccc21. The van der Waals surface area contributed by atoms with Crippen molar-refractivity contribution in [3.63, 3.8) is 0 Å². The summed E-state index contributed by atoms with van der Waals surface area (Å²) in [6.07, 6.45) is 4.94. The molecule has 0 aromatic heterocycles. The van der Waals surface area contributed by atoms with Gasteiger partial charge in [-0.05, 0) is 49.1 Å². The quantitative estimate of drug-likeness (QED) is 0.904. The molecule has 3 rings (SSSR count). The lowest BCUT2D eigenvalue weighted by Crippen LogP contribution is -2.25. The van der Waals surface area contributed by atoms with E-state index >= 15 is 0 Å². The number of nitrogens with one attached hydrogen (secondary N) is 1. The van der Waals surface area contributed by atoms with Crippen LogP contribution in [-0.2, 0) is 11.2 Å². The topological polar surface area (TPSA) is 30.5 Å². The first kappa shape index (κ1) is 12.9. The highest BCUT2D eigenvalue weighted by molar-refractivity contribution is 5.39. The first-order valence-electron chi connectivity index (χ1n) is 7.47. The standard InChI is InChI=1S/C16H23NO2/c1-2-17-16-5-3-4-12-10-13(6-7-15(12)16)19-14-8-9-18-11-14/h6-7,10,14,16-17H,2-5,8-9,11H2,1H3. The summed E-state index contributed by atoms with van der Waals surface area (Å²) in [6, 6.07) is 7.12. The molecule has 2 aliphatic rings. The number of aryl methyl sites for hydroxylation is 1. The van der Waals surface area contributed by atoms with Crippen LogP contribution in [0.5, 0.6) is 5.75 Å². The summed E-state index contributed by atoms with van der Waals surface area (Å²) in [4.78, 5) is 0. The first-order chi connectivity index (χ1) is 9.36. The molecule has 1 aliphatic heterocycles. The van der Waals surface area contributed by atoms with Crippen molar-refractivity contribution in [3.05, 3.63) is 29.3 Å². The van der Waals surface area contributed by atoms with Crippen LogP contribution in [0.15, 0.2) is 18.2 Å². The molecule has 1 aromatic carbocycles. The molecule has 1 saturated heterocycles. The Morgan fingerprint density at radius 3 is 3.11 bits per heavy atom. The van der Waals surface area contributed by atoms with E-state index < -0.39 is 0 Å². The fraction of sp³-hybridized carbons (Fsp3) is 0.625. The Labute approximate surface area is 115 Å². The lowest BCUT2D eigenvalue weighted by Gasteiger charge is -2.27. The van der Waals surface area contributed by atoms with Gasteiger partial charge in [0.2, 0.25) is 0 Å². The molecule has 3 nitrogen and oxygen atoms in total. The Morgan fingerprint density at radius 2 is 2.32 bits per heavy atom. The molecule has 104 valence electrons. The van der Waals surface area contributed by atoms with E-state index in [1.807, 2.05) is 0 Å². The largest absolute Gasteiger partial charge is 0.488 e. The molecule has 0 amide bonds. The van der Waals surface area contributed by atoms with E-state index in [1.165, 1.54) is 30.4 Å². The molecule has 19 heavy (non-hydrogen) atoms. The van der Waals surface area contributed by atoms with Crippen molar-refractivity contribution in [2.45, 2.75) is 44.8 Å². The lowest BCUT2D eigenvalue weighted by molar-refractivity contribution is 0.141. The second kappa shape index (κ2) is 5.93. The second-order valence-corrected chi connectivity index (χ2v) is 5.47. The summed E-state index contributed by atoms with van der Waals surface area (Å²) in [5.41, 5.74) is 2.91. The summed E-state index contributed by atoms with van der Waals surface area (Å²) < 4.78 is 11.3. The van der Waals surface area contributed by atoms with E-state index in [1.54, 1.807) is 0 Å². The van der Waals surface area contributed by atoms with Gasteiger partial charge in [-0.1, -0.05) is 13.0 Å². The molecule has 2 atom stereocenters. The molecule has 0 spiro atoms. The third-order valence-corrected chi connectivity index (χ3v) is 4.07. The molecule has 0 radical (unpaired) electrons. The van der Waals surface area contributed by atoms with Crippen LogP contribution in [0.2, 0.25) is 0 Å².